The van der Waals surface area contributed by atoms with Crippen LogP contribution in [0.3, 0.4) is 0 Å². The van der Waals surface area contributed by atoms with Gasteiger partial charge in [-0.1, -0.05) is 29.5 Å². The summed E-state index contributed by atoms with van der Waals surface area (Å²) in [5.41, 5.74) is 3.74. The molecule has 1 aliphatic heterocycles. The standard InChI is InChI=1S/C22H22N8OS/c1-30-12-16(9-25-30)14-4-2-5-15(8-14)20-24-11-18(22-29-28-19(13-31)32-22)21(27-20)26-17-6-3-7-23-10-17/h2,4-5,8-9,11-13,17,23H,3,6-7,10H2,1H3,(H,24,26,27). The third kappa shape index (κ3) is 4.27. The first-order valence-electron chi connectivity index (χ1n) is 10.4. The Hall–Kier alpha value is -3.50. The van der Waals surface area contributed by atoms with E-state index in [-0.39, 0.29) is 6.04 Å². The predicted octanol–water partition coefficient (Wildman–Crippen LogP) is 3.04. The van der Waals surface area contributed by atoms with E-state index in [0.717, 1.165) is 48.2 Å². The number of anilines is 1. The molecule has 4 aromatic rings. The number of carbonyl (C=O) groups excluding carboxylic acids is 1. The molecular weight excluding hydrogens is 424 g/mol. The molecule has 0 amide bonds. The number of aryl methyl sites for hydroxylation is 1. The molecule has 0 saturated carbocycles. The molecule has 1 unspecified atom stereocenters. The summed E-state index contributed by atoms with van der Waals surface area (Å²) in [5.74, 6) is 1.31. The zero-order valence-electron chi connectivity index (χ0n) is 17.5. The lowest BCUT2D eigenvalue weighted by atomic mass is 10.1. The molecule has 1 atom stereocenters. The zero-order chi connectivity index (χ0) is 21.9. The van der Waals surface area contributed by atoms with E-state index in [1.165, 1.54) is 11.3 Å². The van der Waals surface area contributed by atoms with Crippen molar-refractivity contribution in [2.24, 2.45) is 7.05 Å². The van der Waals surface area contributed by atoms with Crippen molar-refractivity contribution in [3.05, 3.63) is 47.9 Å². The van der Waals surface area contributed by atoms with Crippen LogP contribution in [0.25, 0.3) is 33.1 Å². The number of nitrogens with zero attached hydrogens (tertiary/aromatic N) is 6. The molecule has 1 saturated heterocycles. The van der Waals surface area contributed by atoms with Gasteiger partial charge in [0, 0.05) is 43.2 Å². The van der Waals surface area contributed by atoms with Gasteiger partial charge in [0.05, 0.1) is 11.8 Å². The number of benzene rings is 1. The van der Waals surface area contributed by atoms with Crippen molar-refractivity contribution in [1.82, 2.24) is 35.3 Å². The lowest BCUT2D eigenvalue weighted by Crippen LogP contribution is -2.38. The number of aldehydes is 1. The van der Waals surface area contributed by atoms with Crippen LogP contribution < -0.4 is 10.6 Å². The average molecular weight is 447 g/mol. The number of hydrogen-bond acceptors (Lipinski definition) is 9. The van der Waals surface area contributed by atoms with Gasteiger partial charge < -0.3 is 10.6 Å². The summed E-state index contributed by atoms with van der Waals surface area (Å²) in [7, 11) is 1.90. The number of hydrogen-bond donors (Lipinski definition) is 2. The Labute approximate surface area is 189 Å². The first-order chi connectivity index (χ1) is 15.7. The normalized spacial score (nSPS) is 16.1. The number of nitrogens with one attached hydrogen (secondary N) is 2. The van der Waals surface area contributed by atoms with E-state index >= 15 is 0 Å². The highest BCUT2D eigenvalue weighted by Gasteiger charge is 2.19. The van der Waals surface area contributed by atoms with E-state index in [2.05, 4.69) is 37.0 Å². The van der Waals surface area contributed by atoms with E-state index in [1.807, 2.05) is 37.6 Å². The Morgan fingerprint density at radius 3 is 2.88 bits per heavy atom. The minimum atomic E-state index is 0.255. The molecule has 4 heterocycles. The summed E-state index contributed by atoms with van der Waals surface area (Å²) in [6.45, 7) is 1.89. The van der Waals surface area contributed by atoms with E-state index in [1.54, 1.807) is 10.9 Å². The van der Waals surface area contributed by atoms with E-state index < -0.39 is 0 Å². The van der Waals surface area contributed by atoms with Gasteiger partial charge in [0.1, 0.15) is 5.82 Å². The van der Waals surface area contributed by atoms with Gasteiger partial charge in [-0.2, -0.15) is 5.10 Å². The molecule has 0 radical (unpaired) electrons. The molecule has 0 aliphatic carbocycles. The molecule has 162 valence electrons. The molecule has 10 heteroatoms. The minimum absolute atomic E-state index is 0.255. The number of carbonyl (C=O) groups is 1. The van der Waals surface area contributed by atoms with E-state index in [9.17, 15) is 4.79 Å². The Bertz CT molecular complexity index is 1240. The summed E-state index contributed by atoms with van der Waals surface area (Å²) in [4.78, 5) is 20.6. The molecule has 1 fully saturated rings. The Balaban J connectivity index is 1.53. The summed E-state index contributed by atoms with van der Waals surface area (Å²) < 4.78 is 1.78. The van der Waals surface area contributed by atoms with Gasteiger partial charge >= 0.3 is 0 Å². The molecule has 5 rings (SSSR count). The second-order valence-electron chi connectivity index (χ2n) is 7.69. The zero-order valence-corrected chi connectivity index (χ0v) is 18.3. The van der Waals surface area contributed by atoms with Gasteiger partial charge in [0.25, 0.3) is 0 Å². The molecule has 0 spiro atoms. The van der Waals surface area contributed by atoms with Crippen LogP contribution in [-0.4, -0.2) is 55.4 Å². The van der Waals surface area contributed by atoms with Crippen LogP contribution in [0.5, 0.6) is 0 Å². The van der Waals surface area contributed by atoms with Crippen LogP contribution in [-0.2, 0) is 7.05 Å². The highest BCUT2D eigenvalue weighted by atomic mass is 32.1. The Kier molecular flexibility index (Phi) is 5.70. The van der Waals surface area contributed by atoms with Crippen molar-refractivity contribution < 1.29 is 4.79 Å². The highest BCUT2D eigenvalue weighted by molar-refractivity contribution is 7.16. The molecule has 3 aromatic heterocycles. The number of piperidine rings is 1. The topological polar surface area (TPSA) is 111 Å². The average Bonchev–Trinajstić information content (AvgIpc) is 3.49. The first kappa shape index (κ1) is 20.4. The largest absolute Gasteiger partial charge is 0.365 e. The van der Waals surface area contributed by atoms with Crippen LogP contribution in [0.4, 0.5) is 5.82 Å². The third-order valence-electron chi connectivity index (χ3n) is 5.36. The predicted molar refractivity (Wildman–Crippen MR) is 123 cm³/mol. The number of rotatable bonds is 6. The van der Waals surface area contributed by atoms with Crippen LogP contribution in [0, 0.1) is 0 Å². The maximum Gasteiger partial charge on any atom is 0.180 e. The van der Waals surface area contributed by atoms with Crippen molar-refractivity contribution in [2.45, 2.75) is 18.9 Å². The molecule has 2 N–H and O–H groups in total. The minimum Gasteiger partial charge on any atom is -0.365 e. The van der Waals surface area contributed by atoms with Crippen molar-refractivity contribution >= 4 is 23.4 Å². The lowest BCUT2D eigenvalue weighted by molar-refractivity contribution is 0.112. The fourth-order valence-electron chi connectivity index (χ4n) is 3.75. The van der Waals surface area contributed by atoms with Gasteiger partial charge in [-0.3, -0.25) is 9.48 Å². The molecule has 0 bridgehead atoms. The maximum atomic E-state index is 11.1. The van der Waals surface area contributed by atoms with Gasteiger partial charge in [0.15, 0.2) is 22.1 Å². The first-order valence-corrected chi connectivity index (χ1v) is 11.2. The summed E-state index contributed by atoms with van der Waals surface area (Å²) in [5, 5.41) is 20.3. The fourth-order valence-corrected chi connectivity index (χ4v) is 4.42. The van der Waals surface area contributed by atoms with Crippen molar-refractivity contribution in [3.8, 4) is 33.1 Å². The Morgan fingerprint density at radius 2 is 2.12 bits per heavy atom. The van der Waals surface area contributed by atoms with Gasteiger partial charge in [-0.25, -0.2) is 9.97 Å². The second kappa shape index (κ2) is 8.93. The lowest BCUT2D eigenvalue weighted by Gasteiger charge is -2.25. The fraction of sp³-hybridized carbons (Fsp3) is 0.273. The van der Waals surface area contributed by atoms with Crippen LogP contribution in [0.1, 0.15) is 22.6 Å². The summed E-state index contributed by atoms with van der Waals surface area (Å²) >= 11 is 1.23. The Morgan fingerprint density at radius 1 is 1.22 bits per heavy atom. The van der Waals surface area contributed by atoms with Crippen LogP contribution in [0.2, 0.25) is 0 Å². The van der Waals surface area contributed by atoms with Crippen LogP contribution >= 0.6 is 11.3 Å². The molecular formula is C22H22N8OS. The SMILES string of the molecule is Cn1cc(-c2cccc(-c3ncc(-c4nnc(C=O)s4)c(NC4CCCNC4)n3)c2)cn1. The summed E-state index contributed by atoms with van der Waals surface area (Å²) in [6.07, 6.45) is 8.44. The van der Waals surface area contributed by atoms with Gasteiger partial charge in [-0.15, -0.1) is 10.2 Å². The smallest absolute Gasteiger partial charge is 0.180 e. The summed E-state index contributed by atoms with van der Waals surface area (Å²) in [6, 6.07) is 8.35. The molecule has 1 aromatic carbocycles. The number of aromatic nitrogens is 6. The highest BCUT2D eigenvalue weighted by Crippen LogP contribution is 2.32. The quantitative estimate of drug-likeness (QED) is 0.435. The molecule has 9 nitrogen and oxygen atoms in total. The van der Waals surface area contributed by atoms with Crippen LogP contribution in [0.15, 0.2) is 42.9 Å². The third-order valence-corrected chi connectivity index (χ3v) is 6.24. The van der Waals surface area contributed by atoms with Gasteiger partial charge in [-0.05, 0) is 31.0 Å². The molecule has 1 aliphatic rings. The van der Waals surface area contributed by atoms with E-state index in [0.29, 0.717) is 27.9 Å². The monoisotopic (exact) mass is 446 g/mol. The van der Waals surface area contributed by atoms with Crippen molar-refractivity contribution in [3.63, 3.8) is 0 Å². The second-order valence-corrected chi connectivity index (χ2v) is 8.70. The van der Waals surface area contributed by atoms with E-state index in [4.69, 9.17) is 4.98 Å². The van der Waals surface area contributed by atoms with Crippen molar-refractivity contribution in [2.75, 3.05) is 18.4 Å². The molecule has 32 heavy (non-hydrogen) atoms. The maximum absolute atomic E-state index is 11.1. The van der Waals surface area contributed by atoms with Crippen molar-refractivity contribution in [1.29, 1.82) is 0 Å². The van der Waals surface area contributed by atoms with Gasteiger partial charge in [0.2, 0.25) is 0 Å².